The van der Waals surface area contributed by atoms with Crippen LogP contribution < -0.4 is 16.0 Å². The summed E-state index contributed by atoms with van der Waals surface area (Å²) in [6.45, 7) is 3.44. The number of amides is 1. The molecular formula is C22H28N4O. The molecule has 0 saturated heterocycles. The lowest BCUT2D eigenvalue weighted by atomic mass is 9.85. The summed E-state index contributed by atoms with van der Waals surface area (Å²) < 4.78 is 0. The molecule has 0 aliphatic heterocycles. The monoisotopic (exact) mass is 364 g/mol. The minimum Gasteiger partial charge on any atom is -0.352 e. The summed E-state index contributed by atoms with van der Waals surface area (Å²) in [5, 5.41) is 9.67. The number of guanidine groups is 1. The van der Waals surface area contributed by atoms with E-state index in [1.165, 1.54) is 11.1 Å². The molecule has 0 unspecified atom stereocenters. The van der Waals surface area contributed by atoms with Crippen LogP contribution in [0.4, 0.5) is 5.69 Å². The Morgan fingerprint density at radius 3 is 2.37 bits per heavy atom. The molecule has 1 saturated carbocycles. The number of aliphatic imine (C=N–C) groups is 1. The molecule has 1 fully saturated rings. The third-order valence-corrected chi connectivity index (χ3v) is 4.93. The van der Waals surface area contributed by atoms with Crippen molar-refractivity contribution in [3.63, 3.8) is 0 Å². The van der Waals surface area contributed by atoms with Crippen molar-refractivity contribution < 1.29 is 4.79 Å². The first-order valence-corrected chi connectivity index (χ1v) is 9.54. The van der Waals surface area contributed by atoms with Crippen LogP contribution in [0.25, 0.3) is 0 Å². The van der Waals surface area contributed by atoms with E-state index >= 15 is 0 Å². The van der Waals surface area contributed by atoms with E-state index in [9.17, 15) is 4.79 Å². The quantitative estimate of drug-likeness (QED) is 0.542. The number of hydrogen-bond donors (Lipinski definition) is 3. The molecule has 1 aliphatic carbocycles. The molecule has 0 radical (unpaired) electrons. The maximum absolute atomic E-state index is 12.1. The van der Waals surface area contributed by atoms with Crippen LogP contribution in [0, 0.1) is 12.8 Å². The Morgan fingerprint density at radius 2 is 1.74 bits per heavy atom. The molecule has 0 heterocycles. The lowest BCUT2D eigenvalue weighted by molar-refractivity contribution is -0.122. The third kappa shape index (κ3) is 5.58. The minimum absolute atomic E-state index is 0.141. The third-order valence-electron chi connectivity index (χ3n) is 4.93. The van der Waals surface area contributed by atoms with E-state index in [2.05, 4.69) is 52.1 Å². The molecule has 0 bridgehead atoms. The molecular weight excluding hydrogens is 336 g/mol. The topological polar surface area (TPSA) is 65.5 Å². The molecule has 1 aliphatic rings. The molecule has 2 aromatic carbocycles. The molecule has 27 heavy (non-hydrogen) atoms. The minimum atomic E-state index is 0.141. The second-order valence-corrected chi connectivity index (χ2v) is 7.08. The Balaban J connectivity index is 1.49. The fourth-order valence-electron chi connectivity index (χ4n) is 2.97. The standard InChI is InChI=1S/C22H28N4O/c1-16-9-11-17(12-10-16)14-24-22(23-2)25-15-18-5-3-8-20(13-18)26-21(27)19-6-4-7-19/h3,5,8-13,19H,4,6-7,14-15H2,1-2H3,(H,26,27)(H2,23,24,25). The largest absolute Gasteiger partial charge is 0.352 e. The van der Waals surface area contributed by atoms with Crippen molar-refractivity contribution in [3.05, 3.63) is 65.2 Å². The van der Waals surface area contributed by atoms with Gasteiger partial charge in [0.05, 0.1) is 0 Å². The SMILES string of the molecule is CN=C(NCc1ccc(C)cc1)NCc1cccc(NC(=O)C2CCC2)c1. The fraction of sp³-hybridized carbons (Fsp3) is 0.364. The zero-order valence-electron chi connectivity index (χ0n) is 16.1. The van der Waals surface area contributed by atoms with Gasteiger partial charge in [0.2, 0.25) is 5.91 Å². The van der Waals surface area contributed by atoms with Gasteiger partial charge in [0.15, 0.2) is 5.96 Å². The first kappa shape index (κ1) is 19.0. The number of aryl methyl sites for hydroxylation is 1. The molecule has 3 N–H and O–H groups in total. The summed E-state index contributed by atoms with van der Waals surface area (Å²) in [7, 11) is 1.76. The number of nitrogens with one attached hydrogen (secondary N) is 3. The van der Waals surface area contributed by atoms with Crippen LogP contribution in [0.3, 0.4) is 0 Å². The van der Waals surface area contributed by atoms with Crippen molar-refractivity contribution in [2.75, 3.05) is 12.4 Å². The molecule has 1 amide bonds. The fourth-order valence-corrected chi connectivity index (χ4v) is 2.97. The van der Waals surface area contributed by atoms with Crippen LogP contribution in [0.5, 0.6) is 0 Å². The van der Waals surface area contributed by atoms with E-state index < -0.39 is 0 Å². The number of benzene rings is 2. The molecule has 2 aromatic rings. The van der Waals surface area contributed by atoms with Crippen molar-refractivity contribution in [2.24, 2.45) is 10.9 Å². The molecule has 5 nitrogen and oxygen atoms in total. The van der Waals surface area contributed by atoms with Gasteiger partial charge in [0, 0.05) is 31.7 Å². The van der Waals surface area contributed by atoms with Gasteiger partial charge in [0.1, 0.15) is 0 Å². The predicted molar refractivity (Wildman–Crippen MR) is 111 cm³/mol. The molecule has 0 aromatic heterocycles. The van der Waals surface area contributed by atoms with Crippen molar-refractivity contribution in [1.29, 1.82) is 0 Å². The number of carbonyl (C=O) groups is 1. The number of carbonyl (C=O) groups excluding carboxylic acids is 1. The smallest absolute Gasteiger partial charge is 0.227 e. The zero-order valence-corrected chi connectivity index (χ0v) is 16.1. The average Bonchev–Trinajstić information content (AvgIpc) is 2.62. The Bertz CT molecular complexity index is 794. The van der Waals surface area contributed by atoms with Crippen LogP contribution in [0.15, 0.2) is 53.5 Å². The summed E-state index contributed by atoms with van der Waals surface area (Å²) in [6.07, 6.45) is 3.18. The van der Waals surface area contributed by atoms with Gasteiger partial charge < -0.3 is 16.0 Å². The van der Waals surface area contributed by atoms with Gasteiger partial charge in [-0.3, -0.25) is 9.79 Å². The van der Waals surface area contributed by atoms with E-state index in [0.717, 1.165) is 43.0 Å². The van der Waals surface area contributed by atoms with Gasteiger partial charge >= 0.3 is 0 Å². The Kier molecular flexibility index (Phi) is 6.47. The van der Waals surface area contributed by atoms with E-state index in [0.29, 0.717) is 6.54 Å². The molecule has 142 valence electrons. The van der Waals surface area contributed by atoms with Crippen LogP contribution in [-0.2, 0) is 17.9 Å². The van der Waals surface area contributed by atoms with Crippen LogP contribution in [0.1, 0.15) is 36.0 Å². The van der Waals surface area contributed by atoms with Gasteiger partial charge in [-0.15, -0.1) is 0 Å². The normalized spacial score (nSPS) is 14.4. The molecule has 0 spiro atoms. The van der Waals surface area contributed by atoms with Gasteiger partial charge in [-0.25, -0.2) is 0 Å². The lowest BCUT2D eigenvalue weighted by Crippen LogP contribution is -2.36. The Hall–Kier alpha value is -2.82. The van der Waals surface area contributed by atoms with Gasteiger partial charge in [-0.05, 0) is 43.0 Å². The van der Waals surface area contributed by atoms with E-state index in [1.54, 1.807) is 7.05 Å². The first-order valence-electron chi connectivity index (χ1n) is 9.54. The highest BCUT2D eigenvalue weighted by molar-refractivity contribution is 5.93. The number of anilines is 1. The summed E-state index contributed by atoms with van der Waals surface area (Å²) in [5.74, 6) is 1.08. The van der Waals surface area contributed by atoms with Crippen molar-refractivity contribution in [2.45, 2.75) is 39.3 Å². The van der Waals surface area contributed by atoms with Crippen molar-refractivity contribution in [1.82, 2.24) is 10.6 Å². The van der Waals surface area contributed by atoms with E-state index in [1.807, 2.05) is 24.3 Å². The lowest BCUT2D eigenvalue weighted by Gasteiger charge is -2.24. The summed E-state index contributed by atoms with van der Waals surface area (Å²) in [6, 6.07) is 16.4. The number of hydrogen-bond acceptors (Lipinski definition) is 2. The number of rotatable bonds is 6. The summed E-state index contributed by atoms with van der Waals surface area (Å²) in [4.78, 5) is 16.4. The highest BCUT2D eigenvalue weighted by atomic mass is 16.1. The van der Waals surface area contributed by atoms with Crippen LogP contribution in [-0.4, -0.2) is 18.9 Å². The van der Waals surface area contributed by atoms with Crippen LogP contribution >= 0.6 is 0 Å². The highest BCUT2D eigenvalue weighted by Crippen LogP contribution is 2.27. The summed E-state index contributed by atoms with van der Waals surface area (Å²) in [5.41, 5.74) is 4.42. The summed E-state index contributed by atoms with van der Waals surface area (Å²) >= 11 is 0. The van der Waals surface area contributed by atoms with Crippen molar-refractivity contribution in [3.8, 4) is 0 Å². The number of nitrogens with zero attached hydrogens (tertiary/aromatic N) is 1. The van der Waals surface area contributed by atoms with Crippen molar-refractivity contribution >= 4 is 17.6 Å². The van der Waals surface area contributed by atoms with Gasteiger partial charge in [0.25, 0.3) is 0 Å². The van der Waals surface area contributed by atoms with E-state index in [-0.39, 0.29) is 11.8 Å². The first-order chi connectivity index (χ1) is 13.1. The maximum Gasteiger partial charge on any atom is 0.227 e. The molecule has 0 atom stereocenters. The van der Waals surface area contributed by atoms with Gasteiger partial charge in [-0.2, -0.15) is 0 Å². The second kappa shape index (κ2) is 9.21. The van der Waals surface area contributed by atoms with Crippen LogP contribution in [0.2, 0.25) is 0 Å². The highest BCUT2D eigenvalue weighted by Gasteiger charge is 2.25. The van der Waals surface area contributed by atoms with Gasteiger partial charge in [-0.1, -0.05) is 48.4 Å². The maximum atomic E-state index is 12.1. The molecule has 3 rings (SSSR count). The zero-order chi connectivity index (χ0) is 19.1. The molecule has 5 heteroatoms. The second-order valence-electron chi connectivity index (χ2n) is 7.08. The predicted octanol–water partition coefficient (Wildman–Crippen LogP) is 3.60. The van der Waals surface area contributed by atoms with E-state index in [4.69, 9.17) is 0 Å². The average molecular weight is 364 g/mol. The Morgan fingerprint density at radius 1 is 1.04 bits per heavy atom. The Labute approximate surface area is 161 Å².